The van der Waals surface area contributed by atoms with Crippen LogP contribution in [0.2, 0.25) is 0 Å². The first-order valence-corrected chi connectivity index (χ1v) is 5.67. The number of hydrogen-bond acceptors (Lipinski definition) is 3. The van der Waals surface area contributed by atoms with Gasteiger partial charge in [-0.15, -0.1) is 11.3 Å². The van der Waals surface area contributed by atoms with E-state index in [0.717, 1.165) is 17.6 Å². The molecule has 12 heavy (non-hydrogen) atoms. The average molecular weight is 249 g/mol. The van der Waals surface area contributed by atoms with Gasteiger partial charge in [-0.25, -0.2) is 4.98 Å². The lowest BCUT2D eigenvalue weighted by Gasteiger charge is -1.92. The molecule has 0 saturated carbocycles. The molecule has 0 fully saturated rings. The van der Waals surface area contributed by atoms with Gasteiger partial charge in [0.15, 0.2) is 0 Å². The third-order valence-electron chi connectivity index (χ3n) is 1.50. The molecule has 4 heteroatoms. The van der Waals surface area contributed by atoms with Crippen LogP contribution >= 0.6 is 27.3 Å². The average Bonchev–Trinajstić information content (AvgIpc) is 2.34. The van der Waals surface area contributed by atoms with Crippen molar-refractivity contribution in [1.82, 2.24) is 10.3 Å². The summed E-state index contributed by atoms with van der Waals surface area (Å²) in [6.45, 7) is 3.08. The number of aryl methyl sites for hydroxylation is 1. The molecule has 1 rings (SSSR count). The maximum absolute atomic E-state index is 4.41. The Kier molecular flexibility index (Phi) is 4.18. The van der Waals surface area contributed by atoms with E-state index < -0.39 is 0 Å². The highest BCUT2D eigenvalue weighted by Crippen LogP contribution is 2.24. The molecule has 1 heterocycles. The molecule has 0 aliphatic rings. The summed E-state index contributed by atoms with van der Waals surface area (Å²) in [6.07, 6.45) is 2.26. The Morgan fingerprint density at radius 3 is 2.92 bits per heavy atom. The number of halogens is 1. The van der Waals surface area contributed by atoms with Gasteiger partial charge in [-0.05, 0) is 35.8 Å². The Labute approximate surface area is 85.5 Å². The van der Waals surface area contributed by atoms with E-state index in [2.05, 4.69) is 33.2 Å². The van der Waals surface area contributed by atoms with E-state index in [-0.39, 0.29) is 0 Å². The van der Waals surface area contributed by atoms with E-state index in [1.165, 1.54) is 16.3 Å². The highest BCUT2D eigenvalue weighted by atomic mass is 79.9. The minimum Gasteiger partial charge on any atom is -0.315 e. The Balaban J connectivity index is 2.70. The summed E-state index contributed by atoms with van der Waals surface area (Å²) in [5, 5.41) is 4.35. The molecule has 0 radical (unpaired) electrons. The Morgan fingerprint density at radius 2 is 2.33 bits per heavy atom. The zero-order valence-electron chi connectivity index (χ0n) is 7.35. The minimum atomic E-state index is 0.905. The quantitative estimate of drug-likeness (QED) is 0.887. The van der Waals surface area contributed by atoms with Crippen molar-refractivity contribution in [1.29, 1.82) is 0 Å². The molecular weight excluding hydrogens is 236 g/mol. The summed E-state index contributed by atoms with van der Waals surface area (Å²) in [6, 6.07) is 0. The number of nitrogens with zero attached hydrogens (tertiary/aromatic N) is 1. The molecule has 2 nitrogen and oxygen atoms in total. The molecule has 0 saturated heterocycles. The highest BCUT2D eigenvalue weighted by molar-refractivity contribution is 9.10. The van der Waals surface area contributed by atoms with Crippen LogP contribution in [-0.2, 0) is 13.0 Å². The van der Waals surface area contributed by atoms with E-state index in [1.54, 1.807) is 11.3 Å². The van der Waals surface area contributed by atoms with Crippen LogP contribution in [0.1, 0.15) is 23.2 Å². The smallest absolute Gasteiger partial charge is 0.121 e. The Bertz CT molecular complexity index is 247. The van der Waals surface area contributed by atoms with Gasteiger partial charge in [0.25, 0.3) is 0 Å². The van der Waals surface area contributed by atoms with E-state index in [0.29, 0.717) is 0 Å². The normalized spacial score (nSPS) is 10.6. The SMILES string of the molecule is CCCc1nc(Br)c(CNC)s1. The van der Waals surface area contributed by atoms with Gasteiger partial charge in [0.2, 0.25) is 0 Å². The van der Waals surface area contributed by atoms with Gasteiger partial charge in [0.05, 0.1) is 9.88 Å². The topological polar surface area (TPSA) is 24.9 Å². The van der Waals surface area contributed by atoms with Gasteiger partial charge in [-0.1, -0.05) is 6.92 Å². The molecule has 0 unspecified atom stereocenters. The van der Waals surface area contributed by atoms with Crippen molar-refractivity contribution in [2.24, 2.45) is 0 Å². The minimum absolute atomic E-state index is 0.905. The molecule has 0 aliphatic heterocycles. The van der Waals surface area contributed by atoms with Gasteiger partial charge in [-0.3, -0.25) is 0 Å². The molecule has 0 amide bonds. The molecule has 1 aromatic heterocycles. The van der Waals surface area contributed by atoms with Gasteiger partial charge in [0.1, 0.15) is 4.60 Å². The standard InChI is InChI=1S/C8H13BrN2S/c1-3-4-7-11-8(9)6(12-7)5-10-2/h10H,3-5H2,1-2H3. The second-order valence-corrected chi connectivity index (χ2v) is 4.52. The number of nitrogens with one attached hydrogen (secondary N) is 1. The number of rotatable bonds is 4. The molecule has 1 N–H and O–H groups in total. The van der Waals surface area contributed by atoms with Crippen LogP contribution in [0, 0.1) is 0 Å². The summed E-state index contributed by atoms with van der Waals surface area (Å²) >= 11 is 5.24. The van der Waals surface area contributed by atoms with Crippen molar-refractivity contribution in [2.75, 3.05) is 7.05 Å². The monoisotopic (exact) mass is 248 g/mol. The van der Waals surface area contributed by atoms with Crippen molar-refractivity contribution in [3.63, 3.8) is 0 Å². The van der Waals surface area contributed by atoms with Gasteiger partial charge < -0.3 is 5.32 Å². The van der Waals surface area contributed by atoms with E-state index in [1.807, 2.05) is 7.05 Å². The molecule has 1 aromatic rings. The predicted molar refractivity (Wildman–Crippen MR) is 56.6 cm³/mol. The van der Waals surface area contributed by atoms with Crippen LogP contribution in [0.25, 0.3) is 0 Å². The van der Waals surface area contributed by atoms with Crippen LogP contribution in [0.5, 0.6) is 0 Å². The first-order chi connectivity index (χ1) is 5.77. The fourth-order valence-corrected chi connectivity index (χ4v) is 2.76. The van der Waals surface area contributed by atoms with E-state index in [9.17, 15) is 0 Å². The zero-order chi connectivity index (χ0) is 8.97. The summed E-state index contributed by atoms with van der Waals surface area (Å²) in [7, 11) is 1.95. The molecule has 68 valence electrons. The van der Waals surface area contributed by atoms with Crippen LogP contribution in [-0.4, -0.2) is 12.0 Å². The van der Waals surface area contributed by atoms with Gasteiger partial charge in [0, 0.05) is 6.54 Å². The Morgan fingerprint density at radius 1 is 1.58 bits per heavy atom. The molecule has 0 atom stereocenters. The fraction of sp³-hybridized carbons (Fsp3) is 0.625. The van der Waals surface area contributed by atoms with Crippen LogP contribution < -0.4 is 5.32 Å². The predicted octanol–water partition coefficient (Wildman–Crippen LogP) is 2.58. The number of hydrogen-bond donors (Lipinski definition) is 1. The van der Waals surface area contributed by atoms with Crippen molar-refractivity contribution in [3.05, 3.63) is 14.5 Å². The molecular formula is C8H13BrN2S. The van der Waals surface area contributed by atoms with Gasteiger partial charge in [-0.2, -0.15) is 0 Å². The number of thiazole rings is 1. The van der Waals surface area contributed by atoms with Crippen LogP contribution in [0.3, 0.4) is 0 Å². The lowest BCUT2D eigenvalue weighted by atomic mass is 10.4. The fourth-order valence-electron chi connectivity index (χ4n) is 0.969. The Hall–Kier alpha value is 0.0700. The second kappa shape index (κ2) is 4.94. The molecule has 0 aliphatic carbocycles. The third-order valence-corrected chi connectivity index (χ3v) is 3.53. The van der Waals surface area contributed by atoms with Crippen LogP contribution in [0.15, 0.2) is 4.60 Å². The largest absolute Gasteiger partial charge is 0.315 e. The molecule has 0 spiro atoms. The lowest BCUT2D eigenvalue weighted by molar-refractivity contribution is 0.824. The zero-order valence-corrected chi connectivity index (χ0v) is 9.76. The molecule has 0 bridgehead atoms. The first-order valence-electron chi connectivity index (χ1n) is 4.06. The summed E-state index contributed by atoms with van der Waals surface area (Å²) in [4.78, 5) is 5.71. The molecule has 0 aromatic carbocycles. The van der Waals surface area contributed by atoms with E-state index in [4.69, 9.17) is 0 Å². The van der Waals surface area contributed by atoms with Crippen LogP contribution in [0.4, 0.5) is 0 Å². The highest BCUT2D eigenvalue weighted by Gasteiger charge is 2.06. The number of aromatic nitrogens is 1. The van der Waals surface area contributed by atoms with E-state index >= 15 is 0 Å². The summed E-state index contributed by atoms with van der Waals surface area (Å²) in [5.74, 6) is 0. The van der Waals surface area contributed by atoms with Crippen molar-refractivity contribution < 1.29 is 0 Å². The van der Waals surface area contributed by atoms with Gasteiger partial charge >= 0.3 is 0 Å². The lowest BCUT2D eigenvalue weighted by Crippen LogP contribution is -2.03. The summed E-state index contributed by atoms with van der Waals surface area (Å²) < 4.78 is 1.00. The third kappa shape index (κ3) is 2.54. The second-order valence-electron chi connectivity index (χ2n) is 2.60. The maximum Gasteiger partial charge on any atom is 0.121 e. The van der Waals surface area contributed by atoms with Crippen molar-refractivity contribution >= 4 is 27.3 Å². The summed E-state index contributed by atoms with van der Waals surface area (Å²) in [5.41, 5.74) is 0. The maximum atomic E-state index is 4.41. The van der Waals surface area contributed by atoms with Crippen molar-refractivity contribution in [3.8, 4) is 0 Å². The van der Waals surface area contributed by atoms with Crippen molar-refractivity contribution in [2.45, 2.75) is 26.3 Å². The first kappa shape index (κ1) is 10.2.